The molecule has 0 saturated heterocycles. The van der Waals surface area contributed by atoms with E-state index in [1.165, 1.54) is 11.1 Å². The molecule has 0 aliphatic carbocycles. The SMILES string of the molecule is CNCc1cc(S(=O)(=O)NN(C)C)ccc1OC. The van der Waals surface area contributed by atoms with Crippen LogP contribution in [0.5, 0.6) is 5.75 Å². The van der Waals surface area contributed by atoms with Crippen LogP contribution in [-0.2, 0) is 16.6 Å². The summed E-state index contributed by atoms with van der Waals surface area (Å²) in [4.78, 5) is 2.60. The van der Waals surface area contributed by atoms with Crippen LogP contribution >= 0.6 is 0 Å². The Kier molecular flexibility index (Phi) is 5.09. The van der Waals surface area contributed by atoms with Gasteiger partial charge >= 0.3 is 0 Å². The molecule has 1 rings (SSSR count). The van der Waals surface area contributed by atoms with E-state index < -0.39 is 10.0 Å². The second-order valence-corrected chi connectivity index (χ2v) is 5.65. The molecule has 7 heteroatoms. The Bertz CT molecular complexity index is 500. The second-order valence-electron chi connectivity index (χ2n) is 3.99. The highest BCUT2D eigenvalue weighted by atomic mass is 32.2. The summed E-state index contributed by atoms with van der Waals surface area (Å²) >= 11 is 0. The van der Waals surface area contributed by atoms with Crippen molar-refractivity contribution in [3.8, 4) is 5.75 Å². The lowest BCUT2D eigenvalue weighted by atomic mass is 10.2. The van der Waals surface area contributed by atoms with Crippen LogP contribution in [0.1, 0.15) is 5.56 Å². The molecule has 2 N–H and O–H groups in total. The largest absolute Gasteiger partial charge is 0.496 e. The molecule has 0 amide bonds. The number of benzene rings is 1. The predicted octanol–water partition coefficient (Wildman–Crippen LogP) is 0.170. The van der Waals surface area contributed by atoms with Crippen molar-refractivity contribution >= 4 is 10.0 Å². The Morgan fingerprint density at radius 2 is 2.00 bits per heavy atom. The maximum absolute atomic E-state index is 12.0. The van der Waals surface area contributed by atoms with Crippen LogP contribution in [0, 0.1) is 0 Å². The molecular formula is C11H19N3O3S. The number of hydrazine groups is 1. The van der Waals surface area contributed by atoms with Crippen LogP contribution in [-0.4, -0.2) is 41.7 Å². The van der Waals surface area contributed by atoms with Crippen LogP contribution in [0.4, 0.5) is 0 Å². The number of nitrogens with one attached hydrogen (secondary N) is 2. The zero-order valence-corrected chi connectivity index (χ0v) is 11.8. The predicted molar refractivity (Wildman–Crippen MR) is 69.8 cm³/mol. The molecule has 0 bridgehead atoms. The first-order valence-corrected chi connectivity index (χ1v) is 6.90. The summed E-state index contributed by atoms with van der Waals surface area (Å²) in [6, 6.07) is 4.77. The molecule has 1 aromatic carbocycles. The number of rotatable bonds is 6. The van der Waals surface area contributed by atoms with Crippen molar-refractivity contribution < 1.29 is 13.2 Å². The number of ether oxygens (including phenoxy) is 1. The fourth-order valence-corrected chi connectivity index (χ4v) is 2.67. The Hall–Kier alpha value is -1.15. The summed E-state index contributed by atoms with van der Waals surface area (Å²) in [6.07, 6.45) is 0. The highest BCUT2D eigenvalue weighted by Gasteiger charge is 2.16. The summed E-state index contributed by atoms with van der Waals surface area (Å²) in [7, 11) is 3.06. The first kappa shape index (κ1) is 14.9. The van der Waals surface area contributed by atoms with Gasteiger partial charge in [-0.3, -0.25) is 0 Å². The topological polar surface area (TPSA) is 70.7 Å². The Balaban J connectivity index is 3.15. The fraction of sp³-hybridized carbons (Fsp3) is 0.455. The van der Waals surface area contributed by atoms with E-state index in [4.69, 9.17) is 4.74 Å². The third-order valence-corrected chi connectivity index (χ3v) is 3.71. The quantitative estimate of drug-likeness (QED) is 0.723. The molecule has 1 aromatic rings. The van der Waals surface area contributed by atoms with Crippen molar-refractivity contribution in [2.24, 2.45) is 0 Å². The van der Waals surface area contributed by atoms with E-state index in [0.717, 1.165) is 5.56 Å². The van der Waals surface area contributed by atoms with E-state index in [9.17, 15) is 8.42 Å². The molecule has 0 aliphatic heterocycles. The third-order valence-electron chi connectivity index (χ3n) is 2.23. The normalized spacial score (nSPS) is 11.8. The molecule has 0 atom stereocenters. The Labute approximate surface area is 108 Å². The highest BCUT2D eigenvalue weighted by molar-refractivity contribution is 7.89. The molecular weight excluding hydrogens is 254 g/mol. The third kappa shape index (κ3) is 3.67. The molecule has 0 aromatic heterocycles. The maximum atomic E-state index is 12.0. The fourth-order valence-electron chi connectivity index (χ4n) is 1.54. The second kappa shape index (κ2) is 6.14. The molecule has 0 spiro atoms. The van der Waals surface area contributed by atoms with Gasteiger partial charge in [0.1, 0.15) is 5.75 Å². The van der Waals surface area contributed by atoms with Crippen LogP contribution in [0.3, 0.4) is 0 Å². The molecule has 0 aliphatic rings. The van der Waals surface area contributed by atoms with Gasteiger partial charge in [-0.1, -0.05) is 0 Å². The molecule has 18 heavy (non-hydrogen) atoms. The van der Waals surface area contributed by atoms with E-state index in [1.54, 1.807) is 40.4 Å². The summed E-state index contributed by atoms with van der Waals surface area (Å²) in [6.45, 7) is 0.536. The van der Waals surface area contributed by atoms with Crippen molar-refractivity contribution in [1.82, 2.24) is 15.2 Å². The number of methoxy groups -OCH3 is 1. The Morgan fingerprint density at radius 3 is 2.50 bits per heavy atom. The molecule has 0 fully saturated rings. The number of hydrogen-bond donors (Lipinski definition) is 2. The average Bonchev–Trinajstić information content (AvgIpc) is 2.27. The molecule has 0 unspecified atom stereocenters. The van der Waals surface area contributed by atoms with Crippen LogP contribution in [0.2, 0.25) is 0 Å². The molecule has 0 saturated carbocycles. The van der Waals surface area contributed by atoms with Gasteiger partial charge in [0, 0.05) is 26.2 Å². The lowest BCUT2D eigenvalue weighted by molar-refractivity contribution is 0.364. The van der Waals surface area contributed by atoms with E-state index in [2.05, 4.69) is 10.1 Å². The summed E-state index contributed by atoms with van der Waals surface area (Å²) < 4.78 is 29.2. The maximum Gasteiger partial charge on any atom is 0.253 e. The van der Waals surface area contributed by atoms with Crippen LogP contribution < -0.4 is 14.9 Å². The molecule has 0 heterocycles. The monoisotopic (exact) mass is 273 g/mol. The van der Waals surface area contributed by atoms with Gasteiger partial charge in [-0.2, -0.15) is 0 Å². The van der Waals surface area contributed by atoms with E-state index in [0.29, 0.717) is 12.3 Å². The number of sulfonamides is 1. The van der Waals surface area contributed by atoms with Gasteiger partial charge in [0.15, 0.2) is 0 Å². The lowest BCUT2D eigenvalue weighted by Gasteiger charge is -2.14. The minimum Gasteiger partial charge on any atom is -0.496 e. The first-order valence-electron chi connectivity index (χ1n) is 5.42. The van der Waals surface area contributed by atoms with Crippen LogP contribution in [0.25, 0.3) is 0 Å². The van der Waals surface area contributed by atoms with E-state index in [1.807, 2.05) is 0 Å². The standard InChI is InChI=1S/C11H19N3O3S/c1-12-8-9-7-10(5-6-11(9)17-4)18(15,16)13-14(2)3/h5-7,12-13H,8H2,1-4H3. The van der Waals surface area contributed by atoms with Crippen molar-refractivity contribution in [3.05, 3.63) is 23.8 Å². The van der Waals surface area contributed by atoms with Gasteiger partial charge in [0.25, 0.3) is 10.0 Å². The summed E-state index contributed by atoms with van der Waals surface area (Å²) in [5.41, 5.74) is 0.793. The van der Waals surface area contributed by atoms with Gasteiger partial charge in [-0.15, -0.1) is 4.83 Å². The van der Waals surface area contributed by atoms with Crippen molar-refractivity contribution in [2.45, 2.75) is 11.4 Å². The number of hydrogen-bond acceptors (Lipinski definition) is 5. The van der Waals surface area contributed by atoms with Gasteiger partial charge in [-0.05, 0) is 25.2 Å². The molecule has 6 nitrogen and oxygen atoms in total. The molecule has 102 valence electrons. The minimum atomic E-state index is -3.53. The minimum absolute atomic E-state index is 0.210. The van der Waals surface area contributed by atoms with Crippen molar-refractivity contribution in [3.63, 3.8) is 0 Å². The summed E-state index contributed by atoms with van der Waals surface area (Å²) in [5, 5.41) is 4.36. The zero-order chi connectivity index (χ0) is 13.8. The highest BCUT2D eigenvalue weighted by Crippen LogP contribution is 2.22. The zero-order valence-electron chi connectivity index (χ0n) is 11.0. The van der Waals surface area contributed by atoms with Gasteiger partial charge in [0.2, 0.25) is 0 Å². The van der Waals surface area contributed by atoms with Gasteiger partial charge in [0.05, 0.1) is 12.0 Å². The Morgan fingerprint density at radius 1 is 1.33 bits per heavy atom. The van der Waals surface area contributed by atoms with Crippen molar-refractivity contribution in [2.75, 3.05) is 28.3 Å². The number of nitrogens with zero attached hydrogens (tertiary/aromatic N) is 1. The van der Waals surface area contributed by atoms with Gasteiger partial charge < -0.3 is 10.1 Å². The smallest absolute Gasteiger partial charge is 0.253 e. The average molecular weight is 273 g/mol. The van der Waals surface area contributed by atoms with E-state index in [-0.39, 0.29) is 4.90 Å². The summed E-state index contributed by atoms with van der Waals surface area (Å²) in [5.74, 6) is 0.660. The van der Waals surface area contributed by atoms with Crippen LogP contribution in [0.15, 0.2) is 23.1 Å². The van der Waals surface area contributed by atoms with E-state index >= 15 is 0 Å². The lowest BCUT2D eigenvalue weighted by Crippen LogP contribution is -2.36. The first-order chi connectivity index (χ1) is 8.40. The van der Waals surface area contributed by atoms with Gasteiger partial charge in [-0.25, -0.2) is 13.4 Å². The molecule has 0 radical (unpaired) electrons. The van der Waals surface area contributed by atoms with Crippen molar-refractivity contribution in [1.29, 1.82) is 0 Å².